The molecule has 5 nitrogen and oxygen atoms in total. The summed E-state index contributed by atoms with van der Waals surface area (Å²) in [5.74, 6) is 3.23. The first-order valence-electron chi connectivity index (χ1n) is 9.18. The Morgan fingerprint density at radius 3 is 2.77 bits per heavy atom. The fourth-order valence-corrected chi connectivity index (χ4v) is 3.51. The van der Waals surface area contributed by atoms with Crippen LogP contribution in [0.5, 0.6) is 0 Å². The maximum Gasteiger partial charge on any atom is 0.194 e. The molecule has 1 aliphatic heterocycles. The summed E-state index contributed by atoms with van der Waals surface area (Å²) in [6.07, 6.45) is 5.11. The van der Waals surface area contributed by atoms with Crippen molar-refractivity contribution in [3.63, 3.8) is 0 Å². The molecule has 0 saturated carbocycles. The van der Waals surface area contributed by atoms with Gasteiger partial charge in [-0.05, 0) is 17.9 Å². The molecule has 0 bridgehead atoms. The standard InChI is InChI=1S/C20H29N5.HI/c1-16(2)14-24-12-10-22-19(24)13-23-20(21-3)25-11-9-18(15-25)17-7-5-4-6-8-17;/h4-8,10,12,16,18H,9,11,13-15H2,1-3H3,(H,21,23);1H. The molecule has 0 spiro atoms. The van der Waals surface area contributed by atoms with Crippen LogP contribution < -0.4 is 5.32 Å². The van der Waals surface area contributed by atoms with Crippen LogP contribution in [-0.4, -0.2) is 40.5 Å². The van der Waals surface area contributed by atoms with Gasteiger partial charge in [0.15, 0.2) is 5.96 Å². The lowest BCUT2D eigenvalue weighted by Crippen LogP contribution is -2.40. The molecule has 2 heterocycles. The maximum atomic E-state index is 4.49. The molecule has 26 heavy (non-hydrogen) atoms. The summed E-state index contributed by atoms with van der Waals surface area (Å²) in [6.45, 7) is 8.21. The Bertz CT molecular complexity index is 695. The molecular formula is C20H30IN5. The van der Waals surface area contributed by atoms with E-state index in [2.05, 4.69) is 75.1 Å². The Labute approximate surface area is 173 Å². The van der Waals surface area contributed by atoms with Crippen LogP contribution in [0, 0.1) is 5.92 Å². The number of likely N-dealkylation sites (tertiary alicyclic amines) is 1. The number of aliphatic imine (C=N–C) groups is 1. The smallest absolute Gasteiger partial charge is 0.194 e. The van der Waals surface area contributed by atoms with Crippen LogP contribution >= 0.6 is 24.0 Å². The summed E-state index contributed by atoms with van der Waals surface area (Å²) < 4.78 is 2.22. The third-order valence-corrected chi connectivity index (χ3v) is 4.74. The van der Waals surface area contributed by atoms with Crippen molar-refractivity contribution in [3.8, 4) is 0 Å². The van der Waals surface area contributed by atoms with E-state index in [9.17, 15) is 0 Å². The topological polar surface area (TPSA) is 45.5 Å². The van der Waals surface area contributed by atoms with E-state index < -0.39 is 0 Å². The first-order chi connectivity index (χ1) is 12.2. The van der Waals surface area contributed by atoms with E-state index in [0.29, 0.717) is 18.4 Å². The fourth-order valence-electron chi connectivity index (χ4n) is 3.51. The average Bonchev–Trinajstić information content (AvgIpc) is 3.26. The third-order valence-electron chi connectivity index (χ3n) is 4.74. The number of rotatable bonds is 5. The normalized spacial score (nSPS) is 17.5. The van der Waals surface area contributed by atoms with Crippen molar-refractivity contribution in [2.45, 2.75) is 39.3 Å². The zero-order chi connectivity index (χ0) is 17.6. The molecular weight excluding hydrogens is 437 g/mol. The molecule has 0 amide bonds. The number of guanidine groups is 1. The first-order valence-corrected chi connectivity index (χ1v) is 9.18. The molecule has 1 N–H and O–H groups in total. The number of nitrogens with zero attached hydrogens (tertiary/aromatic N) is 4. The summed E-state index contributed by atoms with van der Waals surface area (Å²) in [6, 6.07) is 10.8. The van der Waals surface area contributed by atoms with Gasteiger partial charge >= 0.3 is 0 Å². The molecule has 1 saturated heterocycles. The minimum absolute atomic E-state index is 0. The highest BCUT2D eigenvalue weighted by Crippen LogP contribution is 2.26. The van der Waals surface area contributed by atoms with E-state index in [0.717, 1.165) is 31.4 Å². The van der Waals surface area contributed by atoms with Gasteiger partial charge in [0.25, 0.3) is 0 Å². The van der Waals surface area contributed by atoms with Crippen molar-refractivity contribution in [3.05, 3.63) is 54.1 Å². The largest absolute Gasteiger partial charge is 0.349 e. The van der Waals surface area contributed by atoms with Crippen molar-refractivity contribution >= 4 is 29.9 Å². The van der Waals surface area contributed by atoms with E-state index >= 15 is 0 Å². The van der Waals surface area contributed by atoms with Crippen LogP contribution in [0.2, 0.25) is 0 Å². The molecule has 1 atom stereocenters. The van der Waals surface area contributed by atoms with Crippen molar-refractivity contribution in [1.82, 2.24) is 19.8 Å². The molecule has 0 aliphatic carbocycles. The van der Waals surface area contributed by atoms with Gasteiger partial charge in [0.2, 0.25) is 0 Å². The van der Waals surface area contributed by atoms with Crippen LogP contribution in [0.1, 0.15) is 37.6 Å². The summed E-state index contributed by atoms with van der Waals surface area (Å²) in [5, 5.41) is 3.49. The van der Waals surface area contributed by atoms with E-state index in [4.69, 9.17) is 0 Å². The van der Waals surface area contributed by atoms with Crippen LogP contribution in [0.3, 0.4) is 0 Å². The van der Waals surface area contributed by atoms with Crippen molar-refractivity contribution in [2.24, 2.45) is 10.9 Å². The number of halogens is 1. The Morgan fingerprint density at radius 1 is 1.31 bits per heavy atom. The number of imidazole rings is 1. The predicted molar refractivity (Wildman–Crippen MR) is 118 cm³/mol. The van der Waals surface area contributed by atoms with Crippen LogP contribution in [-0.2, 0) is 13.1 Å². The minimum Gasteiger partial charge on any atom is -0.349 e. The summed E-state index contributed by atoms with van der Waals surface area (Å²) in [5.41, 5.74) is 1.42. The van der Waals surface area contributed by atoms with Crippen LogP contribution in [0.25, 0.3) is 0 Å². The van der Waals surface area contributed by atoms with Gasteiger partial charge in [-0.3, -0.25) is 4.99 Å². The van der Waals surface area contributed by atoms with Gasteiger partial charge in [-0.15, -0.1) is 24.0 Å². The highest BCUT2D eigenvalue weighted by Gasteiger charge is 2.25. The Balaban J connectivity index is 0.00000243. The highest BCUT2D eigenvalue weighted by molar-refractivity contribution is 14.0. The molecule has 2 aromatic rings. The summed E-state index contributed by atoms with van der Waals surface area (Å²) in [4.78, 5) is 11.3. The first kappa shape index (κ1) is 20.7. The number of nitrogens with one attached hydrogen (secondary N) is 1. The highest BCUT2D eigenvalue weighted by atomic mass is 127. The van der Waals surface area contributed by atoms with E-state index in [1.54, 1.807) is 0 Å². The number of hydrogen-bond acceptors (Lipinski definition) is 2. The zero-order valence-corrected chi connectivity index (χ0v) is 18.3. The third kappa shape index (κ3) is 5.22. The van der Waals surface area contributed by atoms with E-state index in [1.165, 1.54) is 12.0 Å². The minimum atomic E-state index is 0. The molecule has 1 aliphatic rings. The fraction of sp³-hybridized carbons (Fsp3) is 0.500. The quantitative estimate of drug-likeness (QED) is 0.414. The lowest BCUT2D eigenvalue weighted by atomic mass is 9.99. The molecule has 6 heteroatoms. The molecule has 1 aromatic heterocycles. The molecule has 3 rings (SSSR count). The van der Waals surface area contributed by atoms with Crippen LogP contribution in [0.15, 0.2) is 47.7 Å². The van der Waals surface area contributed by atoms with Crippen molar-refractivity contribution in [2.75, 3.05) is 20.1 Å². The van der Waals surface area contributed by atoms with Crippen LogP contribution in [0.4, 0.5) is 0 Å². The van der Waals surface area contributed by atoms with Gasteiger partial charge in [-0.2, -0.15) is 0 Å². The van der Waals surface area contributed by atoms with Gasteiger partial charge in [0, 0.05) is 45.0 Å². The molecule has 1 unspecified atom stereocenters. The monoisotopic (exact) mass is 467 g/mol. The molecule has 142 valence electrons. The Morgan fingerprint density at radius 2 is 2.08 bits per heavy atom. The lowest BCUT2D eigenvalue weighted by Gasteiger charge is -2.22. The summed E-state index contributed by atoms with van der Waals surface area (Å²) in [7, 11) is 1.86. The van der Waals surface area contributed by atoms with Crippen molar-refractivity contribution < 1.29 is 0 Å². The molecule has 1 fully saturated rings. The van der Waals surface area contributed by atoms with E-state index in [1.807, 2.05) is 13.2 Å². The zero-order valence-electron chi connectivity index (χ0n) is 15.9. The summed E-state index contributed by atoms with van der Waals surface area (Å²) >= 11 is 0. The SMILES string of the molecule is CN=C(NCc1nccn1CC(C)C)N1CCC(c2ccccc2)C1.I. The maximum absolute atomic E-state index is 4.49. The second kappa shape index (κ2) is 9.94. The molecule has 0 radical (unpaired) electrons. The van der Waals surface area contributed by atoms with E-state index in [-0.39, 0.29) is 24.0 Å². The van der Waals surface area contributed by atoms with Gasteiger partial charge < -0.3 is 14.8 Å². The van der Waals surface area contributed by atoms with Gasteiger partial charge in [-0.25, -0.2) is 4.98 Å². The van der Waals surface area contributed by atoms with Gasteiger partial charge in [0.1, 0.15) is 5.82 Å². The number of hydrogen-bond donors (Lipinski definition) is 1. The molecule has 1 aromatic carbocycles. The predicted octanol–water partition coefficient (Wildman–Crippen LogP) is 3.72. The Hall–Kier alpha value is -1.57. The van der Waals surface area contributed by atoms with Gasteiger partial charge in [-0.1, -0.05) is 44.2 Å². The average molecular weight is 467 g/mol. The second-order valence-electron chi connectivity index (χ2n) is 7.13. The Kier molecular flexibility index (Phi) is 7.93. The van der Waals surface area contributed by atoms with Gasteiger partial charge in [0.05, 0.1) is 6.54 Å². The number of benzene rings is 1. The lowest BCUT2D eigenvalue weighted by molar-refractivity contribution is 0.475. The van der Waals surface area contributed by atoms with Crippen molar-refractivity contribution in [1.29, 1.82) is 0 Å². The number of aromatic nitrogens is 2. The second-order valence-corrected chi connectivity index (χ2v) is 7.13.